The normalized spacial score (nSPS) is 14.5. The molecule has 1 aliphatic heterocycles. The lowest BCUT2D eigenvalue weighted by atomic mass is 9.75. The molecule has 1 unspecified atom stereocenters. The van der Waals surface area contributed by atoms with Crippen LogP contribution in [0.15, 0.2) is 59.1 Å². The van der Waals surface area contributed by atoms with Crippen molar-refractivity contribution in [3.63, 3.8) is 0 Å². The van der Waals surface area contributed by atoms with Crippen molar-refractivity contribution in [1.82, 2.24) is 5.32 Å². The molecule has 0 aromatic heterocycles. The SMILES string of the molecule is COc1cc(OC)c(NC(=O)NC(C)(C)C2c3ccccc3COc3ccc(Br)cc32)c(OC)c1. The highest BCUT2D eigenvalue weighted by atomic mass is 79.9. The Balaban J connectivity index is 1.70. The molecule has 3 aromatic rings. The molecule has 0 bridgehead atoms. The van der Waals surface area contributed by atoms with Crippen LogP contribution in [0, 0.1) is 0 Å². The average molecular weight is 541 g/mol. The van der Waals surface area contributed by atoms with Crippen LogP contribution in [-0.4, -0.2) is 32.9 Å². The molecule has 184 valence electrons. The Morgan fingerprint density at radius 1 is 0.971 bits per heavy atom. The van der Waals surface area contributed by atoms with Crippen LogP contribution in [-0.2, 0) is 6.61 Å². The van der Waals surface area contributed by atoms with E-state index in [1.807, 2.05) is 38.1 Å². The summed E-state index contributed by atoms with van der Waals surface area (Å²) in [7, 11) is 4.61. The van der Waals surface area contributed by atoms with E-state index in [9.17, 15) is 4.79 Å². The zero-order chi connectivity index (χ0) is 25.2. The number of hydrogen-bond donors (Lipinski definition) is 2. The third-order valence-electron chi connectivity index (χ3n) is 6.14. The summed E-state index contributed by atoms with van der Waals surface area (Å²) in [6.45, 7) is 4.48. The maximum atomic E-state index is 13.3. The van der Waals surface area contributed by atoms with Crippen molar-refractivity contribution in [2.45, 2.75) is 31.9 Å². The minimum Gasteiger partial charge on any atom is -0.496 e. The standard InChI is InChI=1S/C27H29BrN2O5/c1-27(2,30-26(31)29-25-22(33-4)13-18(32-3)14-23(25)34-5)24-19-9-7-6-8-16(19)15-35-21-11-10-17(28)12-20(21)24/h6-14,24H,15H2,1-5H3,(H2,29,30,31). The van der Waals surface area contributed by atoms with E-state index in [-0.39, 0.29) is 5.92 Å². The van der Waals surface area contributed by atoms with Gasteiger partial charge in [0.1, 0.15) is 35.3 Å². The number of hydrogen-bond acceptors (Lipinski definition) is 5. The quantitative estimate of drug-likeness (QED) is 0.395. The number of benzene rings is 3. The molecule has 0 saturated carbocycles. The lowest BCUT2D eigenvalue weighted by Crippen LogP contribution is -2.50. The summed E-state index contributed by atoms with van der Waals surface area (Å²) in [4.78, 5) is 13.3. The van der Waals surface area contributed by atoms with Crippen LogP contribution in [0.2, 0.25) is 0 Å². The van der Waals surface area contributed by atoms with Crippen LogP contribution in [0.4, 0.5) is 10.5 Å². The smallest absolute Gasteiger partial charge is 0.319 e. The molecular weight excluding hydrogens is 512 g/mol. The molecular formula is C27H29BrN2O5. The average Bonchev–Trinajstić information content (AvgIpc) is 3.00. The third kappa shape index (κ3) is 5.03. The van der Waals surface area contributed by atoms with Gasteiger partial charge in [0.15, 0.2) is 0 Å². The Morgan fingerprint density at radius 2 is 1.66 bits per heavy atom. The molecule has 7 nitrogen and oxygen atoms in total. The van der Waals surface area contributed by atoms with E-state index in [2.05, 4.69) is 44.8 Å². The van der Waals surface area contributed by atoms with Gasteiger partial charge in [-0.05, 0) is 43.2 Å². The van der Waals surface area contributed by atoms with Crippen molar-refractivity contribution in [2.75, 3.05) is 26.6 Å². The predicted octanol–water partition coefficient (Wildman–Crippen LogP) is 6.10. The summed E-state index contributed by atoms with van der Waals surface area (Å²) in [6, 6.07) is 17.1. The third-order valence-corrected chi connectivity index (χ3v) is 6.64. The van der Waals surface area contributed by atoms with Crippen LogP contribution in [0.3, 0.4) is 0 Å². The van der Waals surface area contributed by atoms with E-state index < -0.39 is 11.6 Å². The van der Waals surface area contributed by atoms with Crippen molar-refractivity contribution in [3.8, 4) is 23.0 Å². The fraction of sp³-hybridized carbons (Fsp3) is 0.296. The number of carbonyl (C=O) groups is 1. The largest absolute Gasteiger partial charge is 0.496 e. The van der Waals surface area contributed by atoms with Crippen molar-refractivity contribution < 1.29 is 23.7 Å². The molecule has 0 fully saturated rings. The van der Waals surface area contributed by atoms with Crippen LogP contribution in [0.25, 0.3) is 0 Å². The maximum Gasteiger partial charge on any atom is 0.319 e. The van der Waals surface area contributed by atoms with E-state index in [1.54, 1.807) is 19.2 Å². The molecule has 1 heterocycles. The van der Waals surface area contributed by atoms with Crippen LogP contribution >= 0.6 is 15.9 Å². The minimum atomic E-state index is -0.698. The number of anilines is 1. The number of nitrogens with one attached hydrogen (secondary N) is 2. The molecule has 0 aliphatic carbocycles. The van der Waals surface area contributed by atoms with Gasteiger partial charge in [0.25, 0.3) is 0 Å². The van der Waals surface area contributed by atoms with Gasteiger partial charge >= 0.3 is 6.03 Å². The monoisotopic (exact) mass is 540 g/mol. The maximum absolute atomic E-state index is 13.3. The molecule has 2 amide bonds. The molecule has 4 rings (SSSR count). The van der Waals surface area contributed by atoms with Gasteiger partial charge in [-0.3, -0.25) is 0 Å². The van der Waals surface area contributed by atoms with Gasteiger partial charge in [-0.25, -0.2) is 4.79 Å². The second-order valence-electron chi connectivity index (χ2n) is 8.81. The van der Waals surface area contributed by atoms with E-state index in [4.69, 9.17) is 18.9 Å². The number of carbonyl (C=O) groups excluding carboxylic acids is 1. The molecule has 1 aliphatic rings. The minimum absolute atomic E-state index is 0.167. The van der Waals surface area contributed by atoms with E-state index in [0.29, 0.717) is 29.5 Å². The number of ether oxygens (including phenoxy) is 4. The predicted molar refractivity (Wildman–Crippen MR) is 139 cm³/mol. The van der Waals surface area contributed by atoms with Gasteiger partial charge in [-0.15, -0.1) is 0 Å². The molecule has 1 atom stereocenters. The number of urea groups is 1. The first-order valence-corrected chi connectivity index (χ1v) is 12.0. The molecule has 35 heavy (non-hydrogen) atoms. The Morgan fingerprint density at radius 3 is 2.31 bits per heavy atom. The van der Waals surface area contributed by atoms with Crippen molar-refractivity contribution in [1.29, 1.82) is 0 Å². The number of rotatable bonds is 6. The van der Waals surface area contributed by atoms with Crippen LogP contribution in [0.5, 0.6) is 23.0 Å². The van der Waals surface area contributed by atoms with Gasteiger partial charge in [-0.2, -0.15) is 0 Å². The summed E-state index contributed by atoms with van der Waals surface area (Å²) in [5, 5.41) is 6.08. The second-order valence-corrected chi connectivity index (χ2v) is 9.73. The van der Waals surface area contributed by atoms with E-state index in [0.717, 1.165) is 26.9 Å². The number of methoxy groups -OCH3 is 3. The molecule has 2 N–H and O–H groups in total. The van der Waals surface area contributed by atoms with Crippen molar-refractivity contribution in [3.05, 3.63) is 75.8 Å². The Kier molecular flexibility index (Phi) is 7.12. The molecule has 0 saturated heterocycles. The first kappa shape index (κ1) is 24.7. The van der Waals surface area contributed by atoms with Gasteiger partial charge in [0.2, 0.25) is 0 Å². The molecule has 0 radical (unpaired) electrons. The first-order valence-electron chi connectivity index (χ1n) is 11.2. The van der Waals surface area contributed by atoms with E-state index in [1.165, 1.54) is 14.2 Å². The van der Waals surface area contributed by atoms with Crippen molar-refractivity contribution >= 4 is 27.6 Å². The van der Waals surface area contributed by atoms with Crippen LogP contribution < -0.4 is 29.6 Å². The summed E-state index contributed by atoms with van der Waals surface area (Å²) >= 11 is 3.60. The number of amides is 2. The number of fused-ring (bicyclic) bond motifs is 2. The zero-order valence-electron chi connectivity index (χ0n) is 20.4. The van der Waals surface area contributed by atoms with Gasteiger partial charge in [-0.1, -0.05) is 40.2 Å². The molecule has 3 aromatic carbocycles. The highest BCUT2D eigenvalue weighted by molar-refractivity contribution is 9.10. The molecule has 8 heteroatoms. The number of halogens is 1. The summed E-state index contributed by atoms with van der Waals surface area (Å²) in [5.41, 5.74) is 2.90. The lowest BCUT2D eigenvalue weighted by Gasteiger charge is -2.36. The van der Waals surface area contributed by atoms with Gasteiger partial charge in [0.05, 0.1) is 21.3 Å². The van der Waals surface area contributed by atoms with Gasteiger partial charge < -0.3 is 29.6 Å². The Labute approximate surface area is 213 Å². The zero-order valence-corrected chi connectivity index (χ0v) is 22.0. The Hall–Kier alpha value is -3.39. The highest BCUT2D eigenvalue weighted by Gasteiger charge is 2.38. The topological polar surface area (TPSA) is 78.1 Å². The molecule has 0 spiro atoms. The fourth-order valence-electron chi connectivity index (χ4n) is 4.56. The fourth-order valence-corrected chi connectivity index (χ4v) is 4.94. The van der Waals surface area contributed by atoms with Gasteiger partial charge in [0, 0.05) is 33.6 Å². The Bertz CT molecular complexity index is 1220. The summed E-state index contributed by atoms with van der Waals surface area (Å²) in [6.07, 6.45) is 0. The summed E-state index contributed by atoms with van der Waals surface area (Å²) in [5.74, 6) is 2.04. The van der Waals surface area contributed by atoms with Crippen molar-refractivity contribution in [2.24, 2.45) is 0 Å². The lowest BCUT2D eigenvalue weighted by molar-refractivity contribution is 0.237. The highest BCUT2D eigenvalue weighted by Crippen LogP contribution is 2.45. The van der Waals surface area contributed by atoms with Crippen LogP contribution in [0.1, 0.15) is 36.5 Å². The summed E-state index contributed by atoms with van der Waals surface area (Å²) < 4.78 is 23.3. The first-order chi connectivity index (χ1) is 16.8. The second kappa shape index (κ2) is 10.1. The van der Waals surface area contributed by atoms with E-state index >= 15 is 0 Å².